The van der Waals surface area contributed by atoms with Crippen LogP contribution in [0.25, 0.3) is 5.52 Å². The standard InChI is InChI=1S/C24H27FN4O3/c1-24(2,27-22(30)18-6-3-4-7-19(18)25)23(31)29-12-13-32-16-17(15-29)14-20-21-8-5-10-28(21)11-9-26-20/h3-11,17H,12-16H2,1-2H3,(H,27,30). The Kier molecular flexibility index (Phi) is 6.23. The van der Waals surface area contributed by atoms with Crippen molar-refractivity contribution in [1.29, 1.82) is 0 Å². The molecule has 1 aliphatic heterocycles. The number of fused-ring (bicyclic) bond motifs is 1. The Morgan fingerprint density at radius 1 is 1.22 bits per heavy atom. The minimum Gasteiger partial charge on any atom is -0.379 e. The molecule has 32 heavy (non-hydrogen) atoms. The number of carbonyl (C=O) groups excluding carboxylic acids is 2. The Bertz CT molecular complexity index is 1130. The van der Waals surface area contributed by atoms with E-state index in [4.69, 9.17) is 4.74 Å². The normalized spacial score (nSPS) is 17.2. The van der Waals surface area contributed by atoms with E-state index in [2.05, 4.69) is 10.3 Å². The fraction of sp³-hybridized carbons (Fsp3) is 0.375. The predicted octanol–water partition coefficient (Wildman–Crippen LogP) is 2.70. The van der Waals surface area contributed by atoms with Crippen molar-refractivity contribution in [2.75, 3.05) is 26.3 Å². The zero-order valence-corrected chi connectivity index (χ0v) is 18.3. The second-order valence-corrected chi connectivity index (χ2v) is 8.63. The highest BCUT2D eigenvalue weighted by atomic mass is 19.1. The summed E-state index contributed by atoms with van der Waals surface area (Å²) in [6.45, 7) is 5.13. The number of hydrogen-bond donors (Lipinski definition) is 1. The summed E-state index contributed by atoms with van der Waals surface area (Å²) in [6.07, 6.45) is 6.31. The fourth-order valence-electron chi connectivity index (χ4n) is 4.09. The second kappa shape index (κ2) is 9.08. The highest BCUT2D eigenvalue weighted by molar-refractivity contribution is 5.99. The SMILES string of the molecule is CC(C)(NC(=O)c1ccccc1F)C(=O)N1CCOCC(Cc2nccn3cccc23)C1. The van der Waals surface area contributed by atoms with Crippen LogP contribution in [0, 0.1) is 11.7 Å². The molecule has 0 spiro atoms. The van der Waals surface area contributed by atoms with Crippen LogP contribution < -0.4 is 5.32 Å². The summed E-state index contributed by atoms with van der Waals surface area (Å²) in [5.41, 5.74) is 0.699. The molecule has 1 aliphatic rings. The number of ether oxygens (including phenoxy) is 1. The van der Waals surface area contributed by atoms with Gasteiger partial charge < -0.3 is 19.4 Å². The van der Waals surface area contributed by atoms with Crippen LogP contribution in [0.15, 0.2) is 55.0 Å². The smallest absolute Gasteiger partial charge is 0.255 e. The van der Waals surface area contributed by atoms with Crippen LogP contribution >= 0.6 is 0 Å². The molecule has 0 radical (unpaired) electrons. The number of amides is 2. The number of benzene rings is 1. The zero-order valence-electron chi connectivity index (χ0n) is 18.3. The van der Waals surface area contributed by atoms with Gasteiger partial charge in [-0.25, -0.2) is 4.39 Å². The molecule has 3 heterocycles. The van der Waals surface area contributed by atoms with Gasteiger partial charge in [-0.3, -0.25) is 14.6 Å². The Morgan fingerprint density at radius 2 is 2.03 bits per heavy atom. The van der Waals surface area contributed by atoms with Crippen molar-refractivity contribution in [3.8, 4) is 0 Å². The third-order valence-electron chi connectivity index (χ3n) is 5.72. The van der Waals surface area contributed by atoms with Crippen LogP contribution in [-0.4, -0.2) is 57.9 Å². The first-order chi connectivity index (χ1) is 15.3. The summed E-state index contributed by atoms with van der Waals surface area (Å²) in [4.78, 5) is 32.2. The molecule has 4 rings (SSSR count). The maximum absolute atomic E-state index is 14.0. The first-order valence-corrected chi connectivity index (χ1v) is 10.7. The zero-order chi connectivity index (χ0) is 22.7. The average molecular weight is 439 g/mol. The lowest BCUT2D eigenvalue weighted by molar-refractivity contribution is -0.137. The van der Waals surface area contributed by atoms with Crippen molar-refractivity contribution < 1.29 is 18.7 Å². The molecular formula is C24H27FN4O3. The summed E-state index contributed by atoms with van der Waals surface area (Å²) >= 11 is 0. The lowest BCUT2D eigenvalue weighted by Crippen LogP contribution is -2.57. The molecule has 0 saturated carbocycles. The molecule has 2 amide bonds. The van der Waals surface area contributed by atoms with Crippen LogP contribution in [0.2, 0.25) is 0 Å². The van der Waals surface area contributed by atoms with Crippen LogP contribution in [0.1, 0.15) is 29.9 Å². The molecule has 1 atom stereocenters. The number of rotatable bonds is 5. The van der Waals surface area contributed by atoms with E-state index in [9.17, 15) is 14.0 Å². The summed E-state index contributed by atoms with van der Waals surface area (Å²) in [7, 11) is 0. The molecule has 7 nitrogen and oxygen atoms in total. The lowest BCUT2D eigenvalue weighted by atomic mass is 9.99. The Labute approximate surface area is 186 Å². The first-order valence-electron chi connectivity index (χ1n) is 10.7. The summed E-state index contributed by atoms with van der Waals surface area (Å²) in [5.74, 6) is -1.41. The van der Waals surface area contributed by atoms with Gasteiger partial charge in [0.05, 0.1) is 30.0 Å². The van der Waals surface area contributed by atoms with Gasteiger partial charge in [0.2, 0.25) is 5.91 Å². The number of nitrogens with zero attached hydrogens (tertiary/aromatic N) is 3. The quantitative estimate of drug-likeness (QED) is 0.665. The van der Waals surface area contributed by atoms with Gasteiger partial charge in [-0.05, 0) is 44.5 Å². The van der Waals surface area contributed by atoms with Crippen molar-refractivity contribution in [2.24, 2.45) is 5.92 Å². The van der Waals surface area contributed by atoms with Crippen molar-refractivity contribution in [2.45, 2.75) is 25.8 Å². The van der Waals surface area contributed by atoms with Gasteiger partial charge in [-0.1, -0.05) is 12.1 Å². The topological polar surface area (TPSA) is 75.9 Å². The summed E-state index contributed by atoms with van der Waals surface area (Å²) < 4.78 is 21.8. The molecule has 3 aromatic rings. The fourth-order valence-corrected chi connectivity index (χ4v) is 4.09. The van der Waals surface area contributed by atoms with Crippen LogP contribution in [0.3, 0.4) is 0 Å². The summed E-state index contributed by atoms with van der Waals surface area (Å²) in [6, 6.07) is 9.72. The summed E-state index contributed by atoms with van der Waals surface area (Å²) in [5, 5.41) is 2.69. The molecule has 1 aromatic carbocycles. The second-order valence-electron chi connectivity index (χ2n) is 8.63. The Morgan fingerprint density at radius 3 is 2.84 bits per heavy atom. The van der Waals surface area contributed by atoms with Crippen LogP contribution in [0.4, 0.5) is 4.39 Å². The molecule has 2 aromatic heterocycles. The molecule has 168 valence electrons. The van der Waals surface area contributed by atoms with E-state index >= 15 is 0 Å². The number of carbonyl (C=O) groups is 2. The van der Waals surface area contributed by atoms with Gasteiger partial charge in [0.25, 0.3) is 5.91 Å². The maximum atomic E-state index is 14.0. The average Bonchev–Trinajstić information content (AvgIpc) is 3.13. The molecule has 0 bridgehead atoms. The van der Waals surface area contributed by atoms with E-state index in [1.54, 1.807) is 31.0 Å². The molecule has 1 unspecified atom stereocenters. The Hall–Kier alpha value is -3.26. The van der Waals surface area contributed by atoms with E-state index in [1.165, 1.54) is 18.2 Å². The van der Waals surface area contributed by atoms with Gasteiger partial charge in [-0.2, -0.15) is 0 Å². The number of nitrogens with one attached hydrogen (secondary N) is 1. The molecule has 1 N–H and O–H groups in total. The van der Waals surface area contributed by atoms with E-state index in [1.807, 2.05) is 28.9 Å². The largest absolute Gasteiger partial charge is 0.379 e. The minimum absolute atomic E-state index is 0.0631. The minimum atomic E-state index is -1.20. The third kappa shape index (κ3) is 4.65. The predicted molar refractivity (Wildman–Crippen MR) is 118 cm³/mol. The van der Waals surface area contributed by atoms with E-state index < -0.39 is 17.3 Å². The van der Waals surface area contributed by atoms with Gasteiger partial charge in [-0.15, -0.1) is 0 Å². The monoisotopic (exact) mass is 438 g/mol. The highest BCUT2D eigenvalue weighted by Crippen LogP contribution is 2.19. The van der Waals surface area contributed by atoms with Gasteiger partial charge in [0.15, 0.2) is 0 Å². The lowest BCUT2D eigenvalue weighted by Gasteiger charge is -2.33. The van der Waals surface area contributed by atoms with E-state index in [0.29, 0.717) is 32.7 Å². The number of aromatic nitrogens is 2. The molecule has 0 aliphatic carbocycles. The Balaban J connectivity index is 1.46. The van der Waals surface area contributed by atoms with Crippen LogP contribution in [-0.2, 0) is 16.0 Å². The van der Waals surface area contributed by atoms with Gasteiger partial charge >= 0.3 is 0 Å². The van der Waals surface area contributed by atoms with Gasteiger partial charge in [0.1, 0.15) is 11.4 Å². The van der Waals surface area contributed by atoms with Gasteiger partial charge in [0, 0.05) is 37.6 Å². The van der Waals surface area contributed by atoms with E-state index in [-0.39, 0.29) is 17.4 Å². The van der Waals surface area contributed by atoms with Crippen molar-refractivity contribution >= 4 is 17.3 Å². The van der Waals surface area contributed by atoms with Crippen molar-refractivity contribution in [3.63, 3.8) is 0 Å². The molecular weight excluding hydrogens is 411 g/mol. The molecule has 8 heteroatoms. The molecule has 1 fully saturated rings. The number of hydrogen-bond acceptors (Lipinski definition) is 4. The third-order valence-corrected chi connectivity index (χ3v) is 5.72. The highest BCUT2D eigenvalue weighted by Gasteiger charge is 2.36. The van der Waals surface area contributed by atoms with E-state index in [0.717, 1.165) is 11.2 Å². The molecule has 1 saturated heterocycles. The van der Waals surface area contributed by atoms with Crippen LogP contribution in [0.5, 0.6) is 0 Å². The van der Waals surface area contributed by atoms with Crippen molar-refractivity contribution in [3.05, 3.63) is 72.1 Å². The number of halogens is 1. The van der Waals surface area contributed by atoms with Crippen molar-refractivity contribution in [1.82, 2.24) is 19.6 Å². The first kappa shape index (κ1) is 22.0. The maximum Gasteiger partial charge on any atom is 0.255 e.